The fourth-order valence-corrected chi connectivity index (χ4v) is 5.44. The van der Waals surface area contributed by atoms with E-state index < -0.39 is 49.6 Å². The highest BCUT2D eigenvalue weighted by Crippen LogP contribution is 2.29. The average molecular weight is 521 g/mol. The zero-order valence-electron chi connectivity index (χ0n) is 17.6. The van der Waals surface area contributed by atoms with Crippen LogP contribution < -0.4 is 4.72 Å². The number of sulfonamides is 2. The lowest BCUT2D eigenvalue weighted by molar-refractivity contribution is -0.0449. The average Bonchev–Trinajstić information content (AvgIpc) is 2.64. The van der Waals surface area contributed by atoms with Crippen LogP contribution in [0.5, 0.6) is 0 Å². The number of carbonyl (C=O) groups excluding carboxylic acids is 1. The van der Waals surface area contributed by atoms with Crippen molar-refractivity contribution in [2.75, 3.05) is 19.6 Å². The summed E-state index contributed by atoms with van der Waals surface area (Å²) in [4.78, 5) is 12.3. The van der Waals surface area contributed by atoms with Gasteiger partial charge in [0.25, 0.3) is 0 Å². The molecule has 0 amide bonds. The molecule has 1 aliphatic rings. The van der Waals surface area contributed by atoms with Crippen LogP contribution in [-0.2, 0) is 24.8 Å². The van der Waals surface area contributed by atoms with Crippen LogP contribution in [0.1, 0.15) is 44.0 Å². The Morgan fingerprint density at radius 2 is 1.72 bits per heavy atom. The number of hydrogen-bond donors (Lipinski definition) is 1. The van der Waals surface area contributed by atoms with E-state index in [1.54, 1.807) is 20.8 Å². The number of rotatable bonds is 6. The van der Waals surface area contributed by atoms with Gasteiger partial charge in [0.2, 0.25) is 10.0 Å². The summed E-state index contributed by atoms with van der Waals surface area (Å²) in [7, 11) is -9.61. The molecule has 0 aliphatic carbocycles. The number of piperidine rings is 1. The normalized spacial score (nSPS) is 17.3. The molecule has 0 bridgehead atoms. The minimum absolute atomic E-state index is 0.0584. The smallest absolute Gasteiger partial charge is 0.456 e. The molecule has 1 saturated heterocycles. The Morgan fingerprint density at radius 1 is 1.16 bits per heavy atom. The molecule has 0 aromatic heterocycles. The predicted molar refractivity (Wildman–Crippen MR) is 111 cm³/mol. The van der Waals surface area contributed by atoms with E-state index in [1.165, 1.54) is 22.9 Å². The van der Waals surface area contributed by atoms with E-state index in [-0.39, 0.29) is 41.4 Å². The lowest BCUT2D eigenvalue weighted by Gasteiger charge is -2.31. The molecular formula is C18H24ClF3N2O6S2. The van der Waals surface area contributed by atoms with Crippen molar-refractivity contribution in [1.29, 1.82) is 0 Å². The molecular weight excluding hydrogens is 497 g/mol. The molecule has 32 heavy (non-hydrogen) atoms. The lowest BCUT2D eigenvalue weighted by Crippen LogP contribution is -2.44. The summed E-state index contributed by atoms with van der Waals surface area (Å²) in [5.74, 6) is -1.34. The number of nitrogens with one attached hydrogen (secondary N) is 1. The van der Waals surface area contributed by atoms with Gasteiger partial charge >= 0.3 is 21.5 Å². The van der Waals surface area contributed by atoms with Crippen molar-refractivity contribution in [2.45, 2.75) is 49.6 Å². The summed E-state index contributed by atoms with van der Waals surface area (Å²) in [5.41, 5.74) is -6.51. The Kier molecular flexibility index (Phi) is 7.93. The molecule has 1 fully saturated rings. The first-order chi connectivity index (χ1) is 14.4. The second-order valence-corrected chi connectivity index (χ2v) is 12.4. The van der Waals surface area contributed by atoms with E-state index in [2.05, 4.69) is 0 Å². The Bertz CT molecular complexity index is 1060. The van der Waals surface area contributed by atoms with Gasteiger partial charge in [-0.25, -0.2) is 26.4 Å². The zero-order valence-corrected chi connectivity index (χ0v) is 20.0. The minimum Gasteiger partial charge on any atom is -0.456 e. The predicted octanol–water partition coefficient (Wildman–Crippen LogP) is 3.14. The molecule has 14 heteroatoms. The second kappa shape index (κ2) is 9.45. The van der Waals surface area contributed by atoms with Crippen LogP contribution in [0.4, 0.5) is 13.2 Å². The molecule has 0 radical (unpaired) electrons. The van der Waals surface area contributed by atoms with Gasteiger partial charge in [0.15, 0.2) is 0 Å². The molecule has 0 unspecified atom stereocenters. The third-order valence-electron chi connectivity index (χ3n) is 4.62. The van der Waals surface area contributed by atoms with E-state index in [0.717, 1.165) is 4.31 Å². The molecule has 0 spiro atoms. The number of carbonyl (C=O) groups is 1. The standard InChI is InChI=1S/C18H24ClF3N2O6S2/c1-17(2,3)30-16(25)14-10-13(19)4-5-15(14)31(26,27)24-8-6-12(7-9-24)11-23-32(28,29)18(20,21)22/h4-5,10,12,23H,6-9,11H2,1-3H3. The minimum atomic E-state index is -5.46. The lowest BCUT2D eigenvalue weighted by atomic mass is 9.99. The maximum absolute atomic E-state index is 13.2. The Hall–Kier alpha value is -1.41. The van der Waals surface area contributed by atoms with Crippen LogP contribution in [0.15, 0.2) is 23.1 Å². The van der Waals surface area contributed by atoms with Gasteiger partial charge in [-0.15, -0.1) is 0 Å². The number of esters is 1. The Balaban J connectivity index is 2.15. The van der Waals surface area contributed by atoms with Crippen LogP contribution in [-0.4, -0.2) is 57.9 Å². The van der Waals surface area contributed by atoms with Crippen molar-refractivity contribution >= 4 is 37.6 Å². The van der Waals surface area contributed by atoms with Crippen molar-refractivity contribution in [3.05, 3.63) is 28.8 Å². The van der Waals surface area contributed by atoms with Gasteiger partial charge in [-0.3, -0.25) is 0 Å². The highest BCUT2D eigenvalue weighted by molar-refractivity contribution is 7.90. The summed E-state index contributed by atoms with van der Waals surface area (Å²) < 4.78 is 93.8. The zero-order chi connectivity index (χ0) is 24.5. The first-order valence-corrected chi connectivity index (χ1v) is 12.8. The number of hydrogen-bond acceptors (Lipinski definition) is 6. The number of alkyl halides is 3. The van der Waals surface area contributed by atoms with Gasteiger partial charge < -0.3 is 4.74 Å². The van der Waals surface area contributed by atoms with Crippen LogP contribution in [0.3, 0.4) is 0 Å². The quantitative estimate of drug-likeness (QED) is 0.577. The van der Waals surface area contributed by atoms with Gasteiger partial charge in [0, 0.05) is 24.7 Å². The summed E-state index contributed by atoms with van der Waals surface area (Å²) in [6, 6.07) is 3.71. The molecule has 182 valence electrons. The summed E-state index contributed by atoms with van der Waals surface area (Å²) in [6.07, 6.45) is 0.268. The van der Waals surface area contributed by atoms with Crippen LogP contribution in [0.2, 0.25) is 5.02 Å². The SMILES string of the molecule is CC(C)(C)OC(=O)c1cc(Cl)ccc1S(=O)(=O)N1CCC(CNS(=O)(=O)C(F)(F)F)CC1. The van der Waals surface area contributed by atoms with Crippen molar-refractivity contribution in [3.63, 3.8) is 0 Å². The second-order valence-electron chi connectivity index (χ2n) is 8.29. The maximum atomic E-state index is 13.2. The van der Waals surface area contributed by atoms with E-state index in [1.807, 2.05) is 0 Å². The summed E-state index contributed by atoms with van der Waals surface area (Å²) in [5, 5.41) is 0.139. The van der Waals surface area contributed by atoms with Gasteiger partial charge in [0.05, 0.1) is 10.5 Å². The molecule has 8 nitrogen and oxygen atoms in total. The summed E-state index contributed by atoms with van der Waals surface area (Å²) >= 11 is 5.94. The van der Waals surface area contributed by atoms with Crippen molar-refractivity contribution in [2.24, 2.45) is 5.92 Å². The van der Waals surface area contributed by atoms with Crippen LogP contribution >= 0.6 is 11.6 Å². The van der Waals surface area contributed by atoms with Gasteiger partial charge in [-0.2, -0.15) is 17.5 Å². The number of benzene rings is 1. The number of nitrogens with zero attached hydrogens (tertiary/aromatic N) is 1. The fourth-order valence-electron chi connectivity index (χ4n) is 3.02. The molecule has 0 atom stereocenters. The molecule has 1 N–H and O–H groups in total. The van der Waals surface area contributed by atoms with Gasteiger partial charge in [-0.1, -0.05) is 11.6 Å². The molecule has 1 aromatic rings. The van der Waals surface area contributed by atoms with Crippen LogP contribution in [0.25, 0.3) is 0 Å². The maximum Gasteiger partial charge on any atom is 0.511 e. The van der Waals surface area contributed by atoms with Gasteiger partial charge in [0.1, 0.15) is 5.60 Å². The first-order valence-electron chi connectivity index (χ1n) is 9.53. The first kappa shape index (κ1) is 26.8. The van der Waals surface area contributed by atoms with E-state index in [0.29, 0.717) is 0 Å². The molecule has 2 rings (SSSR count). The molecule has 1 aromatic carbocycles. The molecule has 0 saturated carbocycles. The van der Waals surface area contributed by atoms with Gasteiger partial charge in [-0.05, 0) is 57.7 Å². The Morgan fingerprint density at radius 3 is 2.22 bits per heavy atom. The van der Waals surface area contributed by atoms with E-state index >= 15 is 0 Å². The largest absolute Gasteiger partial charge is 0.511 e. The topological polar surface area (TPSA) is 110 Å². The fraction of sp³-hybridized carbons (Fsp3) is 0.611. The van der Waals surface area contributed by atoms with Crippen molar-refractivity contribution in [3.8, 4) is 0 Å². The molecule has 1 heterocycles. The van der Waals surface area contributed by atoms with Crippen molar-refractivity contribution < 1.29 is 39.5 Å². The number of halogens is 4. The monoisotopic (exact) mass is 520 g/mol. The number of ether oxygens (including phenoxy) is 1. The third-order valence-corrected chi connectivity index (χ3v) is 7.97. The molecule has 1 aliphatic heterocycles. The highest BCUT2D eigenvalue weighted by Gasteiger charge is 2.46. The van der Waals surface area contributed by atoms with Crippen molar-refractivity contribution in [1.82, 2.24) is 9.03 Å². The third kappa shape index (κ3) is 6.56. The Labute approximate surface area is 190 Å². The summed E-state index contributed by atoms with van der Waals surface area (Å²) in [6.45, 7) is 4.30. The van der Waals surface area contributed by atoms with Crippen LogP contribution in [0, 0.1) is 5.92 Å². The van der Waals surface area contributed by atoms with E-state index in [9.17, 15) is 34.8 Å². The van der Waals surface area contributed by atoms with E-state index in [4.69, 9.17) is 16.3 Å². The highest BCUT2D eigenvalue weighted by atomic mass is 35.5.